The van der Waals surface area contributed by atoms with Crippen molar-refractivity contribution in [3.05, 3.63) is 54.1 Å². The topological polar surface area (TPSA) is 78.0 Å². The Kier molecular flexibility index (Phi) is 7.20. The van der Waals surface area contributed by atoms with Crippen molar-refractivity contribution >= 4 is 25.7 Å². The molecule has 1 atom stereocenters. The minimum absolute atomic E-state index is 0.0179. The molecule has 0 N–H and O–H groups in total. The Balaban J connectivity index is 1.45. The molecule has 35 heavy (non-hydrogen) atoms. The van der Waals surface area contributed by atoms with E-state index in [9.17, 15) is 30.0 Å². The Morgan fingerprint density at radius 2 is 1.40 bits per heavy atom. The van der Waals surface area contributed by atoms with Crippen molar-refractivity contribution in [2.24, 2.45) is 0 Å². The summed E-state index contributed by atoms with van der Waals surface area (Å²) >= 11 is 0. The van der Waals surface area contributed by atoms with E-state index in [1.807, 2.05) is 6.92 Å². The van der Waals surface area contributed by atoms with Crippen LogP contribution in [0.3, 0.4) is 0 Å². The molecular weight excluding hydrogens is 503 g/mol. The largest absolute Gasteiger partial charge is 0.416 e. The van der Waals surface area contributed by atoms with Crippen molar-refractivity contribution in [2.45, 2.75) is 48.2 Å². The standard InChI is InChI=1S/C23H28F3N3O4S2/c1-18-5-2-3-12-29(18)35(32,33)22-10-8-21(9-11-22)34(30,31)28-15-13-27(14-16-28)20-7-4-6-19(17-20)23(24,25)26/h4,6-11,17-18H,2-3,5,12-16H2,1H3. The zero-order chi connectivity index (χ0) is 25.4. The molecule has 0 radical (unpaired) electrons. The van der Waals surface area contributed by atoms with Gasteiger partial charge in [-0.2, -0.15) is 21.8 Å². The summed E-state index contributed by atoms with van der Waals surface area (Å²) in [4.78, 5) is 1.76. The van der Waals surface area contributed by atoms with Gasteiger partial charge in [0.2, 0.25) is 20.0 Å². The molecule has 1 unspecified atom stereocenters. The highest BCUT2D eigenvalue weighted by Gasteiger charge is 2.34. The molecule has 7 nitrogen and oxygen atoms in total. The number of nitrogens with zero attached hydrogens (tertiary/aromatic N) is 3. The summed E-state index contributed by atoms with van der Waals surface area (Å²) in [5.74, 6) is 0. The van der Waals surface area contributed by atoms with Crippen LogP contribution in [0.2, 0.25) is 0 Å². The SMILES string of the molecule is CC1CCCCN1S(=O)(=O)c1ccc(S(=O)(=O)N2CCN(c3cccc(C(F)(F)F)c3)CC2)cc1. The fourth-order valence-electron chi connectivity index (χ4n) is 4.56. The van der Waals surface area contributed by atoms with Crippen molar-refractivity contribution in [3.8, 4) is 0 Å². The van der Waals surface area contributed by atoms with Gasteiger partial charge in [-0.1, -0.05) is 12.5 Å². The highest BCUT2D eigenvalue weighted by Crippen LogP contribution is 2.32. The highest BCUT2D eigenvalue weighted by atomic mass is 32.2. The minimum atomic E-state index is -4.45. The van der Waals surface area contributed by atoms with Crippen LogP contribution in [0.5, 0.6) is 0 Å². The van der Waals surface area contributed by atoms with Gasteiger partial charge in [0, 0.05) is 44.5 Å². The number of benzene rings is 2. The van der Waals surface area contributed by atoms with E-state index in [-0.39, 0.29) is 42.0 Å². The lowest BCUT2D eigenvalue weighted by molar-refractivity contribution is -0.137. The number of hydrogen-bond donors (Lipinski definition) is 0. The van der Waals surface area contributed by atoms with Gasteiger partial charge >= 0.3 is 6.18 Å². The maximum atomic E-state index is 13.1. The van der Waals surface area contributed by atoms with Crippen LogP contribution >= 0.6 is 0 Å². The smallest absolute Gasteiger partial charge is 0.369 e. The van der Waals surface area contributed by atoms with Crippen molar-refractivity contribution in [3.63, 3.8) is 0 Å². The first-order valence-corrected chi connectivity index (χ1v) is 14.3. The average molecular weight is 532 g/mol. The third kappa shape index (κ3) is 5.35. The van der Waals surface area contributed by atoms with Crippen LogP contribution in [0.4, 0.5) is 18.9 Å². The molecule has 0 saturated carbocycles. The molecule has 2 aliphatic heterocycles. The van der Waals surface area contributed by atoms with Crippen LogP contribution in [-0.4, -0.2) is 64.2 Å². The normalized spacial score (nSPS) is 21.3. The van der Waals surface area contributed by atoms with Gasteiger partial charge < -0.3 is 4.90 Å². The predicted molar refractivity (Wildman–Crippen MR) is 126 cm³/mol. The van der Waals surface area contributed by atoms with Gasteiger partial charge in [-0.05, 0) is 62.2 Å². The maximum absolute atomic E-state index is 13.1. The van der Waals surface area contributed by atoms with Gasteiger partial charge in [-0.15, -0.1) is 0 Å². The van der Waals surface area contributed by atoms with Gasteiger partial charge in [-0.25, -0.2) is 16.8 Å². The average Bonchev–Trinajstić information content (AvgIpc) is 2.84. The summed E-state index contributed by atoms with van der Waals surface area (Å²) in [7, 11) is -7.59. The molecule has 2 fully saturated rings. The molecule has 0 aliphatic carbocycles. The fraction of sp³-hybridized carbons (Fsp3) is 0.478. The fourth-order valence-corrected chi connectivity index (χ4v) is 7.68. The number of halogens is 3. The monoisotopic (exact) mass is 531 g/mol. The lowest BCUT2D eigenvalue weighted by Crippen LogP contribution is -2.48. The quantitative estimate of drug-likeness (QED) is 0.587. The van der Waals surface area contributed by atoms with Crippen LogP contribution in [0.25, 0.3) is 0 Å². The highest BCUT2D eigenvalue weighted by molar-refractivity contribution is 7.89. The molecule has 0 spiro atoms. The van der Waals surface area contributed by atoms with E-state index in [0.717, 1.165) is 31.4 Å². The molecule has 0 aromatic heterocycles. The molecular formula is C23H28F3N3O4S2. The molecule has 2 aromatic rings. The summed E-state index contributed by atoms with van der Waals surface area (Å²) in [6.45, 7) is 2.99. The second-order valence-corrected chi connectivity index (χ2v) is 12.7. The van der Waals surface area contributed by atoms with Gasteiger partial charge in [0.15, 0.2) is 0 Å². The number of sulfonamides is 2. The molecule has 4 rings (SSSR count). The Bertz CT molecular complexity index is 1260. The Labute approximate surface area is 204 Å². The molecule has 0 amide bonds. The number of piperazine rings is 1. The number of piperidine rings is 1. The van der Waals surface area contributed by atoms with E-state index in [1.165, 1.54) is 38.9 Å². The zero-order valence-electron chi connectivity index (χ0n) is 19.3. The summed E-state index contributed by atoms with van der Waals surface area (Å²) in [5, 5.41) is 0. The first-order chi connectivity index (χ1) is 16.4. The van der Waals surface area contributed by atoms with Crippen LogP contribution in [0.1, 0.15) is 31.7 Å². The molecule has 2 heterocycles. The number of alkyl halides is 3. The summed E-state index contributed by atoms with van der Waals surface area (Å²) < 4.78 is 94.1. The summed E-state index contributed by atoms with van der Waals surface area (Å²) in [6.07, 6.45) is -1.89. The Morgan fingerprint density at radius 3 is 1.97 bits per heavy atom. The number of hydrogen-bond acceptors (Lipinski definition) is 5. The van der Waals surface area contributed by atoms with E-state index in [1.54, 1.807) is 11.0 Å². The van der Waals surface area contributed by atoms with E-state index >= 15 is 0 Å². The van der Waals surface area contributed by atoms with Crippen molar-refractivity contribution < 1.29 is 30.0 Å². The van der Waals surface area contributed by atoms with E-state index in [0.29, 0.717) is 12.2 Å². The van der Waals surface area contributed by atoms with Gasteiger partial charge in [-0.3, -0.25) is 0 Å². The Morgan fingerprint density at radius 1 is 0.800 bits per heavy atom. The van der Waals surface area contributed by atoms with Crippen LogP contribution in [0, 0.1) is 0 Å². The number of rotatable bonds is 5. The molecule has 0 bridgehead atoms. The van der Waals surface area contributed by atoms with Crippen LogP contribution in [-0.2, 0) is 26.2 Å². The predicted octanol–water partition coefficient (Wildman–Crippen LogP) is 3.78. The maximum Gasteiger partial charge on any atom is 0.416 e. The van der Waals surface area contributed by atoms with Crippen molar-refractivity contribution in [1.29, 1.82) is 0 Å². The lowest BCUT2D eigenvalue weighted by atomic mass is 10.1. The van der Waals surface area contributed by atoms with Crippen LogP contribution in [0.15, 0.2) is 58.3 Å². The third-order valence-electron chi connectivity index (χ3n) is 6.59. The van der Waals surface area contributed by atoms with Gasteiger partial charge in [0.05, 0.1) is 15.4 Å². The first-order valence-electron chi connectivity index (χ1n) is 11.4. The molecule has 2 aliphatic rings. The first kappa shape index (κ1) is 25.9. The van der Waals surface area contributed by atoms with Crippen molar-refractivity contribution in [1.82, 2.24) is 8.61 Å². The van der Waals surface area contributed by atoms with Gasteiger partial charge in [0.1, 0.15) is 0 Å². The van der Waals surface area contributed by atoms with E-state index < -0.39 is 31.8 Å². The molecule has 2 saturated heterocycles. The van der Waals surface area contributed by atoms with Crippen LogP contribution < -0.4 is 4.90 Å². The minimum Gasteiger partial charge on any atom is -0.369 e. The van der Waals surface area contributed by atoms with E-state index in [2.05, 4.69) is 0 Å². The summed E-state index contributed by atoms with van der Waals surface area (Å²) in [6, 6.07) is 10.1. The Hall–Kier alpha value is -2.15. The van der Waals surface area contributed by atoms with Crippen molar-refractivity contribution in [2.75, 3.05) is 37.6 Å². The summed E-state index contributed by atoms with van der Waals surface area (Å²) in [5.41, 5.74) is -0.364. The second-order valence-electron chi connectivity index (χ2n) is 8.87. The molecule has 192 valence electrons. The lowest BCUT2D eigenvalue weighted by Gasteiger charge is -2.35. The molecule has 2 aromatic carbocycles. The number of anilines is 1. The van der Waals surface area contributed by atoms with E-state index in [4.69, 9.17) is 0 Å². The molecule has 12 heteroatoms. The van der Waals surface area contributed by atoms with Gasteiger partial charge in [0.25, 0.3) is 0 Å². The second kappa shape index (κ2) is 9.72. The third-order valence-corrected chi connectivity index (χ3v) is 10.5. The zero-order valence-corrected chi connectivity index (χ0v) is 20.9.